The number of phenols is 4. The molecule has 0 saturated heterocycles. The van der Waals surface area contributed by atoms with Gasteiger partial charge in [-0.25, -0.2) is 9.59 Å². The highest BCUT2D eigenvalue weighted by atomic mass is 32.2. The van der Waals surface area contributed by atoms with E-state index in [-0.39, 0.29) is 56.2 Å². The maximum atomic E-state index is 12.3. The fraction of sp³-hybridized carbons (Fsp3) is 0.267. The van der Waals surface area contributed by atoms with Crippen molar-refractivity contribution < 1.29 is 63.3 Å². The Labute approximate surface area is 392 Å². The molecule has 0 atom stereocenters. The van der Waals surface area contributed by atoms with E-state index in [2.05, 4.69) is 20.9 Å². The highest BCUT2D eigenvalue weighted by Crippen LogP contribution is 2.43. The Morgan fingerprint density at radius 3 is 2.07 bits per heavy atom. The molecule has 0 radical (unpaired) electrons. The van der Waals surface area contributed by atoms with E-state index in [1.165, 1.54) is 38.5 Å². The van der Waals surface area contributed by atoms with Crippen molar-refractivity contribution in [3.05, 3.63) is 149 Å². The van der Waals surface area contributed by atoms with Crippen LogP contribution in [0.4, 0.5) is 5.69 Å². The number of nitrogens with one attached hydrogen (secondary N) is 3. The minimum atomic E-state index is -0.970. The maximum absolute atomic E-state index is 12.3. The zero-order valence-electron chi connectivity index (χ0n) is 37.8. The number of nitro benzene ring substituents is 1. The number of carbonyl (C=O) groups is 2. The Morgan fingerprint density at radius 2 is 1.50 bits per heavy atom. The molecule has 0 unspecified atom stereocenters. The van der Waals surface area contributed by atoms with Crippen LogP contribution in [0.2, 0.25) is 0 Å². The fourth-order valence-electron chi connectivity index (χ4n) is 6.73. The summed E-state index contributed by atoms with van der Waals surface area (Å²) in [6.45, 7) is 4.73. The number of nitrogens with zero attached hydrogens (tertiary/aromatic N) is 3. The number of ether oxygens (including phenoxy) is 2. The molecule has 0 fully saturated rings. The van der Waals surface area contributed by atoms with Gasteiger partial charge in [0.05, 0.1) is 53.4 Å². The van der Waals surface area contributed by atoms with Gasteiger partial charge in [0, 0.05) is 60.1 Å². The van der Waals surface area contributed by atoms with Crippen molar-refractivity contribution in [2.75, 3.05) is 47.7 Å². The van der Waals surface area contributed by atoms with Crippen LogP contribution in [-0.4, -0.2) is 99.9 Å². The third kappa shape index (κ3) is 13.2. The number of esters is 2. The summed E-state index contributed by atoms with van der Waals surface area (Å²) in [6, 6.07) is 15.6. The molecule has 23 heteroatoms. The number of dihydropyridines is 1. The minimum Gasteiger partial charge on any atom is -0.508 e. The van der Waals surface area contributed by atoms with Gasteiger partial charge in [0.1, 0.15) is 34.0 Å². The van der Waals surface area contributed by atoms with Gasteiger partial charge in [0.2, 0.25) is 11.2 Å². The van der Waals surface area contributed by atoms with E-state index in [9.17, 15) is 60.1 Å². The molecular formula is C45H50N6O16S. The number of carbonyl (C=O) groups excluding carboxylic acids is 2. The molecule has 0 amide bonds. The third-order valence-corrected chi connectivity index (χ3v) is 10.7. The van der Waals surface area contributed by atoms with Crippen molar-refractivity contribution in [1.29, 1.82) is 0 Å². The molecule has 1 aliphatic heterocycles. The molecule has 3 aromatic carbocycles. The number of benzene rings is 3. The summed E-state index contributed by atoms with van der Waals surface area (Å²) in [5, 5.41) is 78.1. The summed E-state index contributed by atoms with van der Waals surface area (Å²) >= 11 is 1.72. The largest absolute Gasteiger partial charge is 0.508 e. The molecule has 68 heavy (non-hydrogen) atoms. The van der Waals surface area contributed by atoms with Gasteiger partial charge in [0.25, 0.3) is 11.9 Å². The van der Waals surface area contributed by atoms with Crippen LogP contribution in [0.1, 0.15) is 36.8 Å². The van der Waals surface area contributed by atoms with E-state index in [0.29, 0.717) is 23.8 Å². The first-order valence-corrected chi connectivity index (χ1v) is 21.3. The normalized spacial score (nSPS) is 12.6. The number of thioether (sulfide) groups is 1. The minimum absolute atomic E-state index is 0.128. The number of hydrogen-bond acceptors (Lipinski definition) is 21. The van der Waals surface area contributed by atoms with Crippen LogP contribution >= 0.6 is 11.8 Å². The van der Waals surface area contributed by atoms with Gasteiger partial charge in [-0.1, -0.05) is 18.2 Å². The van der Waals surface area contributed by atoms with E-state index >= 15 is 0 Å². The Bertz CT molecular complexity index is 2790. The molecule has 0 spiro atoms. The van der Waals surface area contributed by atoms with Gasteiger partial charge in [-0.3, -0.25) is 25.0 Å². The zero-order chi connectivity index (χ0) is 50.4. The Morgan fingerprint density at radius 1 is 0.868 bits per heavy atom. The number of fused-ring (bicyclic) bond motifs is 1. The standard InChI is InChI=1S/C17H18N2O6.C15H10O7.C13H22N4O3S/c1-9-13(16(20)24-3)15(14(10(2)18-9)17(21)25-4)11-7-5-6-8-12(11)19(22)23;16-7-4-10(19)12-11(5-7)22-15(14(21)13(12)20)6-1-2-8(17)9(18)3-6;1-14-13(9-17(18)19)15-6-7-21-10-12-5-4-11(20-12)8-16(2)3/h5-8,15,18H,1-4H3;1-5,16-19,21H;4-5,9,14-15H,6-8,10H2,1-3H3/b;;13-9-. The third-order valence-electron chi connectivity index (χ3n) is 9.69. The number of aromatic hydroxyl groups is 5. The van der Waals surface area contributed by atoms with Gasteiger partial charge < -0.3 is 64.7 Å². The second-order valence-corrected chi connectivity index (χ2v) is 15.9. The summed E-state index contributed by atoms with van der Waals surface area (Å²) in [4.78, 5) is 59.6. The topological polar surface area (TPSA) is 323 Å². The van der Waals surface area contributed by atoms with Crippen LogP contribution in [-0.2, 0) is 31.4 Å². The van der Waals surface area contributed by atoms with Crippen molar-refractivity contribution in [3.8, 4) is 40.1 Å². The first-order chi connectivity index (χ1) is 32.2. The number of hydrogen-bond donors (Lipinski definition) is 8. The van der Waals surface area contributed by atoms with E-state index in [4.69, 9.17) is 18.3 Å². The first kappa shape index (κ1) is 52.4. The summed E-state index contributed by atoms with van der Waals surface area (Å²) < 4.78 is 20.7. The number of allylic oxidation sites excluding steroid dienone is 2. The number of phenolic OH excluding ortho intramolecular Hbond substituents is 4. The number of furan rings is 1. The molecule has 5 aromatic rings. The lowest BCUT2D eigenvalue weighted by Crippen LogP contribution is -2.32. The highest BCUT2D eigenvalue weighted by molar-refractivity contribution is 7.98. The summed E-state index contributed by atoms with van der Waals surface area (Å²) in [5.74, 6) is -1.09. The van der Waals surface area contributed by atoms with Gasteiger partial charge in [-0.05, 0) is 58.3 Å². The number of methoxy groups -OCH3 is 2. The molecule has 8 N–H and O–H groups in total. The number of rotatable bonds is 15. The van der Waals surface area contributed by atoms with Crippen molar-refractivity contribution in [3.63, 3.8) is 0 Å². The number of para-hydroxylation sites is 1. The summed E-state index contributed by atoms with van der Waals surface area (Å²) in [6.07, 6.45) is 0.921. The molecule has 0 bridgehead atoms. The van der Waals surface area contributed by atoms with E-state index in [0.717, 1.165) is 60.0 Å². The lowest BCUT2D eigenvalue weighted by molar-refractivity contribution is -0.404. The quantitative estimate of drug-likeness (QED) is 0.0207. The molecule has 6 rings (SSSR count). The Balaban J connectivity index is 0.000000223. The highest BCUT2D eigenvalue weighted by Gasteiger charge is 2.40. The molecule has 362 valence electrons. The molecular weight excluding hydrogens is 913 g/mol. The molecule has 2 aromatic heterocycles. The predicted octanol–water partition coefficient (Wildman–Crippen LogP) is 5.62. The van der Waals surface area contributed by atoms with Crippen LogP contribution in [0.15, 0.2) is 115 Å². The molecule has 0 saturated carbocycles. The van der Waals surface area contributed by atoms with E-state index in [1.807, 2.05) is 26.2 Å². The van der Waals surface area contributed by atoms with Crippen molar-refractivity contribution in [2.24, 2.45) is 0 Å². The monoisotopic (exact) mass is 962 g/mol. The maximum Gasteiger partial charge on any atom is 0.336 e. The molecule has 3 heterocycles. The van der Waals surface area contributed by atoms with Gasteiger partial charge in [-0.15, -0.1) is 0 Å². The van der Waals surface area contributed by atoms with Crippen LogP contribution in [0.5, 0.6) is 28.7 Å². The van der Waals surface area contributed by atoms with Crippen molar-refractivity contribution >= 4 is 40.4 Å². The van der Waals surface area contributed by atoms with Crippen LogP contribution in [0.3, 0.4) is 0 Å². The molecule has 22 nitrogen and oxygen atoms in total. The first-order valence-electron chi connectivity index (χ1n) is 20.1. The zero-order valence-corrected chi connectivity index (χ0v) is 38.6. The number of nitro groups is 2. The van der Waals surface area contributed by atoms with Crippen LogP contribution in [0, 0.1) is 20.2 Å². The SMILES string of the molecule is CN/C(=C/[N+](=O)[O-])NCCSCc1ccc(CN(C)C)o1.COC(=O)C1=C(C)NC(C)=C(C(=O)OC)C1c1ccccc1[N+](=O)[O-].O=c1c(O)c(-c2ccc(O)c(O)c2)oc2cc(O)cc(O)c12. The molecule has 0 aliphatic carbocycles. The Kier molecular flexibility index (Phi) is 18.4. The Hall–Kier alpha value is -8.18. The molecule has 1 aliphatic rings. The lowest BCUT2D eigenvalue weighted by atomic mass is 9.79. The second-order valence-electron chi connectivity index (χ2n) is 14.7. The van der Waals surface area contributed by atoms with Gasteiger partial charge in [-0.2, -0.15) is 11.8 Å². The average molecular weight is 963 g/mol. The van der Waals surface area contributed by atoms with Crippen molar-refractivity contribution in [2.45, 2.75) is 32.1 Å². The van der Waals surface area contributed by atoms with E-state index in [1.54, 1.807) is 38.7 Å². The summed E-state index contributed by atoms with van der Waals surface area (Å²) in [7, 11) is 8.07. The van der Waals surface area contributed by atoms with E-state index < -0.39 is 50.4 Å². The smallest absolute Gasteiger partial charge is 0.336 e. The average Bonchev–Trinajstić information content (AvgIpc) is 3.73. The fourth-order valence-corrected chi connectivity index (χ4v) is 7.48. The van der Waals surface area contributed by atoms with Crippen molar-refractivity contribution in [1.82, 2.24) is 20.9 Å². The lowest BCUT2D eigenvalue weighted by Gasteiger charge is -2.29. The van der Waals surface area contributed by atoms with Crippen LogP contribution < -0.4 is 21.4 Å². The van der Waals surface area contributed by atoms with Crippen LogP contribution in [0.25, 0.3) is 22.3 Å². The second kappa shape index (κ2) is 23.8. The van der Waals surface area contributed by atoms with Gasteiger partial charge in [0.15, 0.2) is 23.1 Å². The summed E-state index contributed by atoms with van der Waals surface area (Å²) in [5.41, 5.74) is 0.302. The predicted molar refractivity (Wildman–Crippen MR) is 249 cm³/mol. The van der Waals surface area contributed by atoms with Gasteiger partial charge >= 0.3 is 11.9 Å².